The van der Waals surface area contributed by atoms with Crippen molar-refractivity contribution < 1.29 is 4.74 Å². The molecule has 3 nitrogen and oxygen atoms in total. The number of ether oxygens (including phenoxy) is 1. The molecule has 0 fully saturated rings. The molecule has 0 saturated heterocycles. The largest absolute Gasteiger partial charge is 0.378 e. The van der Waals surface area contributed by atoms with Gasteiger partial charge in [-0.3, -0.25) is 0 Å². The number of thioether (sulfide) groups is 1. The van der Waals surface area contributed by atoms with Gasteiger partial charge < -0.3 is 10.5 Å². The van der Waals surface area contributed by atoms with Crippen LogP contribution in [-0.4, -0.2) is 23.8 Å². The number of aliphatic imine (C=N–C) groups is 1. The molecule has 11 heavy (non-hydrogen) atoms. The summed E-state index contributed by atoms with van der Waals surface area (Å²) >= 11 is 1.58. The maximum Gasteiger partial charge on any atom is 0.159 e. The molecule has 0 aromatic heterocycles. The molecule has 0 aromatic carbocycles. The number of nitrogens with two attached hydrogens (primary N) is 1. The molecule has 0 unspecified atom stereocenters. The van der Waals surface area contributed by atoms with E-state index in [2.05, 4.69) is 4.99 Å². The second-order valence-corrected chi connectivity index (χ2v) is 3.54. The molecule has 1 atom stereocenters. The fourth-order valence-electron chi connectivity index (χ4n) is 0.814. The summed E-state index contributed by atoms with van der Waals surface area (Å²) in [7, 11) is 1.66. The average molecular weight is 241 g/mol. The molecule has 1 aliphatic rings. The quantitative estimate of drug-likeness (QED) is 0.754. The third-order valence-corrected chi connectivity index (χ3v) is 2.40. The summed E-state index contributed by atoms with van der Waals surface area (Å²) in [5.74, 6) is 1.000. The smallest absolute Gasteiger partial charge is 0.159 e. The predicted molar refractivity (Wildman–Crippen MR) is 54.4 cm³/mol. The number of amidine groups is 1. The van der Waals surface area contributed by atoms with Gasteiger partial charge in [-0.15, -0.1) is 17.0 Å². The van der Waals surface area contributed by atoms with Gasteiger partial charge in [-0.25, -0.2) is 4.99 Å². The summed E-state index contributed by atoms with van der Waals surface area (Å²) in [6, 6.07) is 0. The molecular weight excluding hydrogens is 228 g/mol. The van der Waals surface area contributed by atoms with Gasteiger partial charge in [-0.1, -0.05) is 11.8 Å². The van der Waals surface area contributed by atoms with E-state index in [1.165, 1.54) is 0 Å². The second-order valence-electron chi connectivity index (χ2n) is 2.43. The Balaban J connectivity index is 0.000001000. The lowest BCUT2D eigenvalue weighted by Gasteiger charge is -2.27. The van der Waals surface area contributed by atoms with E-state index in [1.807, 2.05) is 6.92 Å². The van der Waals surface area contributed by atoms with Crippen molar-refractivity contribution in [2.75, 3.05) is 12.9 Å². The molecule has 0 aromatic rings. The molecule has 66 valence electrons. The molecule has 0 aliphatic carbocycles. The Morgan fingerprint density at radius 1 is 1.73 bits per heavy atom. The Bertz CT molecular complexity index is 165. The van der Waals surface area contributed by atoms with Gasteiger partial charge in [0, 0.05) is 19.3 Å². The number of halogens is 1. The van der Waals surface area contributed by atoms with Crippen LogP contribution in [0.5, 0.6) is 0 Å². The standard InChI is InChI=1S/C6H12N2OS.BrH/c1-6(9-2)3-4-10-5(7)8-6;/h3-4H2,1-2H3,(H2,7,8);1H/t6-;/m0./s1. The first-order valence-electron chi connectivity index (χ1n) is 3.19. The van der Waals surface area contributed by atoms with Gasteiger partial charge in [0.1, 0.15) is 0 Å². The first-order valence-corrected chi connectivity index (χ1v) is 4.18. The Hall–Kier alpha value is 0.260. The monoisotopic (exact) mass is 240 g/mol. The molecule has 1 aliphatic heterocycles. The van der Waals surface area contributed by atoms with Gasteiger partial charge >= 0.3 is 0 Å². The summed E-state index contributed by atoms with van der Waals surface area (Å²) in [4.78, 5) is 4.17. The molecule has 1 heterocycles. The number of hydrogen-bond donors (Lipinski definition) is 1. The molecule has 0 spiro atoms. The minimum absolute atomic E-state index is 0. The average Bonchev–Trinajstić information content (AvgIpc) is 1.88. The van der Waals surface area contributed by atoms with E-state index in [1.54, 1.807) is 18.9 Å². The number of nitrogens with zero attached hydrogens (tertiary/aromatic N) is 1. The normalized spacial score (nSPS) is 30.5. The van der Waals surface area contributed by atoms with Gasteiger partial charge in [-0.2, -0.15) is 0 Å². The molecule has 5 heteroatoms. The maximum absolute atomic E-state index is 5.52. The molecule has 0 amide bonds. The van der Waals surface area contributed by atoms with Crippen molar-refractivity contribution in [1.29, 1.82) is 0 Å². The molecule has 0 radical (unpaired) electrons. The highest BCUT2D eigenvalue weighted by Gasteiger charge is 2.25. The fourth-order valence-corrected chi connectivity index (χ4v) is 1.76. The lowest BCUT2D eigenvalue weighted by molar-refractivity contribution is 0.0114. The van der Waals surface area contributed by atoms with E-state index in [-0.39, 0.29) is 22.7 Å². The summed E-state index contributed by atoms with van der Waals surface area (Å²) in [6.07, 6.45) is 0.939. The number of rotatable bonds is 1. The van der Waals surface area contributed by atoms with E-state index in [0.29, 0.717) is 5.17 Å². The van der Waals surface area contributed by atoms with Crippen LogP contribution in [-0.2, 0) is 4.74 Å². The molecule has 0 saturated carbocycles. The van der Waals surface area contributed by atoms with E-state index >= 15 is 0 Å². The Morgan fingerprint density at radius 3 is 2.73 bits per heavy atom. The summed E-state index contributed by atoms with van der Waals surface area (Å²) in [5, 5.41) is 0.635. The highest BCUT2D eigenvalue weighted by Crippen LogP contribution is 2.25. The van der Waals surface area contributed by atoms with Crippen LogP contribution in [0, 0.1) is 0 Å². The molecular formula is C6H13BrN2OS. The first kappa shape index (κ1) is 11.3. The van der Waals surface area contributed by atoms with Crippen molar-refractivity contribution in [2.45, 2.75) is 19.1 Å². The maximum atomic E-state index is 5.52. The van der Waals surface area contributed by atoms with Crippen LogP contribution in [0.15, 0.2) is 4.99 Å². The Morgan fingerprint density at radius 2 is 2.36 bits per heavy atom. The minimum Gasteiger partial charge on any atom is -0.378 e. The summed E-state index contributed by atoms with van der Waals surface area (Å²) in [6.45, 7) is 1.94. The molecule has 1 rings (SSSR count). The van der Waals surface area contributed by atoms with Crippen LogP contribution < -0.4 is 5.73 Å². The van der Waals surface area contributed by atoms with Crippen LogP contribution >= 0.6 is 28.7 Å². The van der Waals surface area contributed by atoms with Crippen LogP contribution in [0.1, 0.15) is 13.3 Å². The molecule has 0 bridgehead atoms. The third-order valence-electron chi connectivity index (χ3n) is 1.60. The number of methoxy groups -OCH3 is 1. The first-order chi connectivity index (χ1) is 4.66. The zero-order valence-electron chi connectivity index (χ0n) is 6.66. The van der Waals surface area contributed by atoms with Gasteiger partial charge in [0.15, 0.2) is 10.9 Å². The SMILES string of the molecule is Br.CO[C@@]1(C)CCSC(N)=N1. The zero-order chi connectivity index (χ0) is 7.61. The van der Waals surface area contributed by atoms with Crippen LogP contribution in [0.2, 0.25) is 0 Å². The molecule has 2 N–H and O–H groups in total. The highest BCUT2D eigenvalue weighted by molar-refractivity contribution is 8.93. The highest BCUT2D eigenvalue weighted by atomic mass is 79.9. The Labute approximate surface area is 81.5 Å². The Kier molecular flexibility index (Phi) is 4.43. The van der Waals surface area contributed by atoms with Gasteiger partial charge in [0.05, 0.1) is 0 Å². The van der Waals surface area contributed by atoms with E-state index < -0.39 is 0 Å². The van der Waals surface area contributed by atoms with Crippen molar-refractivity contribution in [3.8, 4) is 0 Å². The lowest BCUT2D eigenvalue weighted by Crippen LogP contribution is -2.32. The third kappa shape index (κ3) is 3.01. The van der Waals surface area contributed by atoms with Crippen LogP contribution in [0.3, 0.4) is 0 Å². The topological polar surface area (TPSA) is 47.6 Å². The van der Waals surface area contributed by atoms with Gasteiger partial charge in [-0.05, 0) is 6.92 Å². The van der Waals surface area contributed by atoms with Crippen LogP contribution in [0.25, 0.3) is 0 Å². The second kappa shape index (κ2) is 4.33. The lowest BCUT2D eigenvalue weighted by atomic mass is 10.2. The van der Waals surface area contributed by atoms with E-state index in [4.69, 9.17) is 10.5 Å². The summed E-state index contributed by atoms with van der Waals surface area (Å²) in [5.41, 5.74) is 5.15. The van der Waals surface area contributed by atoms with E-state index in [0.717, 1.165) is 12.2 Å². The van der Waals surface area contributed by atoms with E-state index in [9.17, 15) is 0 Å². The van der Waals surface area contributed by atoms with Crippen molar-refractivity contribution in [3.05, 3.63) is 0 Å². The number of hydrogen-bond acceptors (Lipinski definition) is 4. The van der Waals surface area contributed by atoms with Crippen molar-refractivity contribution in [3.63, 3.8) is 0 Å². The van der Waals surface area contributed by atoms with Gasteiger partial charge in [0.25, 0.3) is 0 Å². The summed E-state index contributed by atoms with van der Waals surface area (Å²) < 4.78 is 5.17. The predicted octanol–water partition coefficient (Wildman–Crippen LogP) is 1.38. The van der Waals surface area contributed by atoms with Gasteiger partial charge in [0.2, 0.25) is 0 Å². The van der Waals surface area contributed by atoms with Crippen molar-refractivity contribution in [1.82, 2.24) is 0 Å². The zero-order valence-corrected chi connectivity index (χ0v) is 9.19. The minimum atomic E-state index is -0.366. The fraction of sp³-hybridized carbons (Fsp3) is 0.833. The van der Waals surface area contributed by atoms with Crippen molar-refractivity contribution in [2.24, 2.45) is 10.7 Å². The van der Waals surface area contributed by atoms with Crippen molar-refractivity contribution >= 4 is 33.9 Å². The van der Waals surface area contributed by atoms with Crippen LogP contribution in [0.4, 0.5) is 0 Å².